The molecule has 0 bridgehead atoms. The lowest BCUT2D eigenvalue weighted by Crippen LogP contribution is -2.08. The van der Waals surface area contributed by atoms with Gasteiger partial charge in [0, 0.05) is 6.61 Å². The summed E-state index contributed by atoms with van der Waals surface area (Å²) in [6.45, 7) is -0.135. The maximum atomic E-state index is 11.6. The highest BCUT2D eigenvalue weighted by atomic mass is 35.5. The van der Waals surface area contributed by atoms with Crippen LogP contribution in [-0.4, -0.2) is 25.9 Å². The maximum Gasteiger partial charge on any atom is 0.179 e. The molecule has 0 heterocycles. The minimum atomic E-state index is -3.35. The lowest BCUT2D eigenvalue weighted by Gasteiger charge is -2.04. The Kier molecular flexibility index (Phi) is 3.92. The van der Waals surface area contributed by atoms with Crippen LogP contribution in [0, 0.1) is 0 Å². The summed E-state index contributed by atoms with van der Waals surface area (Å²) in [5.41, 5.74) is 0. The molecule has 14 heavy (non-hydrogen) atoms. The molecular formula is C9H11ClO3S. The fourth-order valence-corrected chi connectivity index (χ4v) is 2.93. The van der Waals surface area contributed by atoms with Crippen LogP contribution in [-0.2, 0) is 9.84 Å². The van der Waals surface area contributed by atoms with Gasteiger partial charge in [0.25, 0.3) is 0 Å². The monoisotopic (exact) mass is 234 g/mol. The maximum absolute atomic E-state index is 11.6. The second-order valence-corrected chi connectivity index (χ2v) is 5.31. The van der Waals surface area contributed by atoms with Gasteiger partial charge in [0.15, 0.2) is 9.84 Å². The van der Waals surface area contributed by atoms with Crippen molar-refractivity contribution in [3.8, 4) is 0 Å². The lowest BCUT2D eigenvalue weighted by molar-refractivity contribution is 0.295. The van der Waals surface area contributed by atoms with Gasteiger partial charge in [-0.3, -0.25) is 0 Å². The van der Waals surface area contributed by atoms with E-state index in [2.05, 4.69) is 0 Å². The third-order valence-electron chi connectivity index (χ3n) is 1.74. The molecule has 1 N–H and O–H groups in total. The van der Waals surface area contributed by atoms with Gasteiger partial charge in [0.1, 0.15) is 0 Å². The third kappa shape index (κ3) is 2.70. The van der Waals surface area contributed by atoms with Gasteiger partial charge < -0.3 is 5.11 Å². The number of aliphatic hydroxyl groups excluding tert-OH is 1. The number of aliphatic hydroxyl groups is 1. The molecular weight excluding hydrogens is 224 g/mol. The second-order valence-electron chi connectivity index (χ2n) is 2.83. The fraction of sp³-hybridized carbons (Fsp3) is 0.333. The third-order valence-corrected chi connectivity index (χ3v) is 4.04. The van der Waals surface area contributed by atoms with Crippen LogP contribution in [0.25, 0.3) is 0 Å². The van der Waals surface area contributed by atoms with Crippen molar-refractivity contribution in [3.63, 3.8) is 0 Å². The van der Waals surface area contributed by atoms with E-state index in [1.807, 2.05) is 0 Å². The van der Waals surface area contributed by atoms with Crippen LogP contribution in [0.3, 0.4) is 0 Å². The highest BCUT2D eigenvalue weighted by Gasteiger charge is 2.16. The van der Waals surface area contributed by atoms with Gasteiger partial charge in [0.2, 0.25) is 0 Å². The first-order chi connectivity index (χ1) is 6.58. The van der Waals surface area contributed by atoms with Crippen LogP contribution >= 0.6 is 11.6 Å². The second kappa shape index (κ2) is 4.77. The topological polar surface area (TPSA) is 54.4 Å². The van der Waals surface area contributed by atoms with Crippen molar-refractivity contribution < 1.29 is 13.5 Å². The van der Waals surface area contributed by atoms with Gasteiger partial charge in [-0.05, 0) is 18.6 Å². The summed E-state index contributed by atoms with van der Waals surface area (Å²) >= 11 is 5.75. The Balaban J connectivity index is 2.99. The number of rotatable bonds is 4. The Bertz CT molecular complexity index is 400. The first-order valence-corrected chi connectivity index (χ1v) is 6.19. The molecule has 0 saturated heterocycles. The van der Waals surface area contributed by atoms with E-state index in [0.717, 1.165) is 0 Å². The molecule has 0 fully saturated rings. The van der Waals surface area contributed by atoms with Crippen molar-refractivity contribution in [1.29, 1.82) is 0 Å². The number of halogens is 1. The van der Waals surface area contributed by atoms with E-state index in [1.54, 1.807) is 12.1 Å². The van der Waals surface area contributed by atoms with Crippen LogP contribution in [0.15, 0.2) is 29.2 Å². The van der Waals surface area contributed by atoms with Crippen molar-refractivity contribution in [2.75, 3.05) is 12.4 Å². The molecule has 78 valence electrons. The summed E-state index contributed by atoms with van der Waals surface area (Å²) in [6, 6.07) is 6.30. The summed E-state index contributed by atoms with van der Waals surface area (Å²) in [5, 5.41) is 8.78. The predicted molar refractivity (Wildman–Crippen MR) is 55.2 cm³/mol. The minimum absolute atomic E-state index is 0.0762. The quantitative estimate of drug-likeness (QED) is 0.859. The normalized spacial score (nSPS) is 11.6. The summed E-state index contributed by atoms with van der Waals surface area (Å²) in [5.74, 6) is -0.0762. The predicted octanol–water partition coefficient (Wildman–Crippen LogP) is 1.50. The molecule has 0 unspecified atom stereocenters. The first-order valence-electron chi connectivity index (χ1n) is 4.16. The highest BCUT2D eigenvalue weighted by molar-refractivity contribution is 7.91. The van der Waals surface area contributed by atoms with Crippen molar-refractivity contribution in [3.05, 3.63) is 29.3 Å². The molecule has 0 saturated carbocycles. The molecule has 0 atom stereocenters. The molecule has 0 radical (unpaired) electrons. The van der Waals surface area contributed by atoms with E-state index < -0.39 is 9.84 Å². The molecule has 0 aliphatic heterocycles. The Hall–Kier alpha value is -0.580. The van der Waals surface area contributed by atoms with Crippen LogP contribution in [0.4, 0.5) is 0 Å². The summed E-state index contributed by atoms with van der Waals surface area (Å²) in [4.78, 5) is 0.134. The fourth-order valence-electron chi connectivity index (χ4n) is 1.06. The number of benzene rings is 1. The number of sulfone groups is 1. The zero-order valence-corrected chi connectivity index (χ0v) is 9.05. The smallest absolute Gasteiger partial charge is 0.179 e. The van der Waals surface area contributed by atoms with E-state index >= 15 is 0 Å². The van der Waals surface area contributed by atoms with Gasteiger partial charge in [0.05, 0.1) is 15.7 Å². The molecule has 1 aromatic carbocycles. The number of hydrogen-bond donors (Lipinski definition) is 1. The van der Waals surface area contributed by atoms with Crippen molar-refractivity contribution >= 4 is 21.4 Å². The average molecular weight is 235 g/mol. The Morgan fingerprint density at radius 2 is 1.93 bits per heavy atom. The Labute approximate surface area is 88.2 Å². The summed E-state index contributed by atoms with van der Waals surface area (Å²) in [7, 11) is -3.35. The molecule has 0 aliphatic rings. The van der Waals surface area contributed by atoms with Crippen LogP contribution in [0.2, 0.25) is 5.02 Å². The van der Waals surface area contributed by atoms with Crippen molar-refractivity contribution in [2.45, 2.75) is 11.3 Å². The van der Waals surface area contributed by atoms with Gasteiger partial charge in [-0.2, -0.15) is 0 Å². The van der Waals surface area contributed by atoms with Crippen LogP contribution in [0.5, 0.6) is 0 Å². The lowest BCUT2D eigenvalue weighted by atomic mass is 10.4. The van der Waals surface area contributed by atoms with E-state index in [1.165, 1.54) is 12.1 Å². The summed E-state index contributed by atoms with van der Waals surface area (Å²) in [6.07, 6.45) is 0.230. The zero-order chi connectivity index (χ0) is 10.6. The number of hydrogen-bond acceptors (Lipinski definition) is 3. The van der Waals surface area contributed by atoms with Gasteiger partial charge >= 0.3 is 0 Å². The SMILES string of the molecule is O=S(=O)(CCCO)c1ccccc1Cl. The Morgan fingerprint density at radius 1 is 1.29 bits per heavy atom. The zero-order valence-electron chi connectivity index (χ0n) is 7.48. The first kappa shape index (κ1) is 11.5. The van der Waals surface area contributed by atoms with Crippen molar-refractivity contribution in [1.82, 2.24) is 0 Å². The van der Waals surface area contributed by atoms with Gasteiger partial charge in [-0.25, -0.2) is 8.42 Å². The van der Waals surface area contributed by atoms with Crippen molar-refractivity contribution in [2.24, 2.45) is 0 Å². The molecule has 5 heteroatoms. The average Bonchev–Trinajstić information content (AvgIpc) is 2.15. The standard InChI is InChI=1S/C9H11ClO3S/c10-8-4-1-2-5-9(8)14(12,13)7-3-6-11/h1-2,4-5,11H,3,6-7H2. The van der Waals surface area contributed by atoms with E-state index in [4.69, 9.17) is 16.7 Å². The molecule has 1 aromatic rings. The molecule has 1 rings (SSSR count). The molecule has 0 aliphatic carbocycles. The largest absolute Gasteiger partial charge is 0.396 e. The van der Waals surface area contributed by atoms with E-state index in [-0.39, 0.29) is 28.7 Å². The van der Waals surface area contributed by atoms with E-state index in [0.29, 0.717) is 0 Å². The van der Waals surface area contributed by atoms with E-state index in [9.17, 15) is 8.42 Å². The summed E-state index contributed by atoms with van der Waals surface area (Å²) < 4.78 is 23.2. The molecule has 0 amide bonds. The Morgan fingerprint density at radius 3 is 2.50 bits per heavy atom. The van der Waals surface area contributed by atoms with Gasteiger partial charge in [-0.1, -0.05) is 23.7 Å². The van der Waals surface area contributed by atoms with Crippen LogP contribution in [0.1, 0.15) is 6.42 Å². The van der Waals surface area contributed by atoms with Crippen LogP contribution < -0.4 is 0 Å². The molecule has 3 nitrogen and oxygen atoms in total. The molecule has 0 aromatic heterocycles. The highest BCUT2D eigenvalue weighted by Crippen LogP contribution is 2.21. The minimum Gasteiger partial charge on any atom is -0.396 e. The molecule has 0 spiro atoms. The van der Waals surface area contributed by atoms with Gasteiger partial charge in [-0.15, -0.1) is 0 Å².